The van der Waals surface area contributed by atoms with Crippen LogP contribution in [0.2, 0.25) is 0 Å². The van der Waals surface area contributed by atoms with Gasteiger partial charge in [-0.15, -0.1) is 0 Å². The van der Waals surface area contributed by atoms with E-state index in [0.29, 0.717) is 5.92 Å². The van der Waals surface area contributed by atoms with Gasteiger partial charge in [0, 0.05) is 18.5 Å². The third-order valence-electron chi connectivity index (χ3n) is 2.41. The van der Waals surface area contributed by atoms with Crippen molar-refractivity contribution in [2.45, 2.75) is 32.6 Å². The third-order valence-corrected chi connectivity index (χ3v) is 2.59. The summed E-state index contributed by atoms with van der Waals surface area (Å²) in [5.41, 5.74) is 1.88. The Balaban J connectivity index is 2.68. The van der Waals surface area contributed by atoms with Crippen LogP contribution in [0.1, 0.15) is 38.2 Å². The van der Waals surface area contributed by atoms with Crippen molar-refractivity contribution < 1.29 is 9.59 Å². The predicted molar refractivity (Wildman–Crippen MR) is 69.3 cm³/mol. The Morgan fingerprint density at radius 3 is 2.47 bits per heavy atom. The lowest BCUT2D eigenvalue weighted by molar-refractivity contribution is -0.119. The topological polar surface area (TPSA) is 46.2 Å². The van der Waals surface area contributed by atoms with E-state index >= 15 is 0 Å². The second-order valence-corrected chi connectivity index (χ2v) is 4.57. The van der Waals surface area contributed by atoms with Crippen LogP contribution in [0, 0.1) is 0 Å². The molecule has 4 heteroatoms. The van der Waals surface area contributed by atoms with Gasteiger partial charge in [0.05, 0.1) is 0 Å². The zero-order chi connectivity index (χ0) is 12.8. The molecule has 0 spiro atoms. The van der Waals surface area contributed by atoms with E-state index in [1.807, 2.05) is 24.3 Å². The smallest absolute Gasteiger partial charge is 0.224 e. The number of anilines is 1. The van der Waals surface area contributed by atoms with Gasteiger partial charge in [0.2, 0.25) is 11.1 Å². The van der Waals surface area contributed by atoms with E-state index in [1.54, 1.807) is 0 Å². The molecule has 0 aliphatic rings. The van der Waals surface area contributed by atoms with Crippen molar-refractivity contribution in [1.29, 1.82) is 0 Å². The Kier molecular flexibility index (Phi) is 5.16. The average molecular weight is 254 g/mol. The molecule has 0 bridgehead atoms. The van der Waals surface area contributed by atoms with Crippen molar-refractivity contribution in [3.63, 3.8) is 0 Å². The molecule has 92 valence electrons. The largest absolute Gasteiger partial charge is 0.326 e. The maximum Gasteiger partial charge on any atom is 0.224 e. The van der Waals surface area contributed by atoms with Crippen molar-refractivity contribution in [3.8, 4) is 0 Å². The molecule has 17 heavy (non-hydrogen) atoms. The van der Waals surface area contributed by atoms with Crippen LogP contribution in [-0.4, -0.2) is 11.1 Å². The van der Waals surface area contributed by atoms with Gasteiger partial charge in [-0.05, 0) is 29.1 Å². The predicted octanol–water partition coefficient (Wildman–Crippen LogP) is 3.29. The molecule has 0 atom stereocenters. The first-order chi connectivity index (χ1) is 8.00. The number of halogens is 1. The molecule has 0 heterocycles. The number of carbonyl (C=O) groups is 2. The molecule has 1 aromatic rings. The minimum Gasteiger partial charge on any atom is -0.326 e. The molecular weight excluding hydrogens is 238 g/mol. The lowest BCUT2D eigenvalue weighted by Crippen LogP contribution is -2.13. The zero-order valence-electron chi connectivity index (χ0n) is 10.00. The normalized spacial score (nSPS) is 10.4. The fourth-order valence-corrected chi connectivity index (χ4v) is 1.63. The monoisotopic (exact) mass is 253 g/mol. The van der Waals surface area contributed by atoms with Gasteiger partial charge >= 0.3 is 0 Å². The Labute approximate surface area is 106 Å². The quantitative estimate of drug-likeness (QED) is 0.819. The number of hydrogen-bond donors (Lipinski definition) is 1. The summed E-state index contributed by atoms with van der Waals surface area (Å²) in [5.74, 6) is 0.147. The Hall–Kier alpha value is -1.35. The molecule has 0 aliphatic heterocycles. The SMILES string of the molecule is CC(C)c1ccccc1NC(=O)CCC(=O)Cl. The van der Waals surface area contributed by atoms with E-state index in [9.17, 15) is 9.59 Å². The van der Waals surface area contributed by atoms with Crippen molar-refractivity contribution >= 4 is 28.4 Å². The van der Waals surface area contributed by atoms with Crippen molar-refractivity contribution in [1.82, 2.24) is 0 Å². The van der Waals surface area contributed by atoms with Gasteiger partial charge in [0.1, 0.15) is 0 Å². The first-order valence-electron chi connectivity index (χ1n) is 5.58. The van der Waals surface area contributed by atoms with Gasteiger partial charge < -0.3 is 5.32 Å². The van der Waals surface area contributed by atoms with Crippen LogP contribution >= 0.6 is 11.6 Å². The van der Waals surface area contributed by atoms with E-state index in [-0.39, 0.29) is 18.7 Å². The number of nitrogens with one attached hydrogen (secondary N) is 1. The Bertz CT molecular complexity index is 416. The highest BCUT2D eigenvalue weighted by atomic mass is 35.5. The fourth-order valence-electron chi connectivity index (χ4n) is 1.54. The first-order valence-corrected chi connectivity index (χ1v) is 5.95. The van der Waals surface area contributed by atoms with Crippen LogP contribution in [-0.2, 0) is 9.59 Å². The molecule has 0 saturated heterocycles. The number of rotatable bonds is 5. The molecule has 0 unspecified atom stereocenters. The summed E-state index contributed by atoms with van der Waals surface area (Å²) in [7, 11) is 0. The van der Waals surface area contributed by atoms with Crippen LogP contribution in [0.25, 0.3) is 0 Å². The van der Waals surface area contributed by atoms with E-state index in [1.165, 1.54) is 0 Å². The molecule has 0 aromatic heterocycles. The first kappa shape index (κ1) is 13.7. The summed E-state index contributed by atoms with van der Waals surface area (Å²) in [5, 5.41) is 2.31. The lowest BCUT2D eigenvalue weighted by atomic mass is 10.0. The number of benzene rings is 1. The molecule has 1 aromatic carbocycles. The van der Waals surface area contributed by atoms with Gasteiger partial charge in [-0.2, -0.15) is 0 Å². The fraction of sp³-hybridized carbons (Fsp3) is 0.385. The molecule has 1 amide bonds. The molecule has 0 fully saturated rings. The van der Waals surface area contributed by atoms with Gasteiger partial charge in [-0.1, -0.05) is 32.0 Å². The summed E-state index contributed by atoms with van der Waals surface area (Å²) in [6.45, 7) is 4.13. The van der Waals surface area contributed by atoms with Gasteiger partial charge in [0.15, 0.2) is 0 Å². The summed E-state index contributed by atoms with van der Waals surface area (Å²) in [6.07, 6.45) is 0.187. The second-order valence-electron chi connectivity index (χ2n) is 4.15. The summed E-state index contributed by atoms with van der Waals surface area (Å²) in [6, 6.07) is 7.64. The van der Waals surface area contributed by atoms with Crippen LogP contribution in [0.5, 0.6) is 0 Å². The van der Waals surface area contributed by atoms with Crippen molar-refractivity contribution in [2.75, 3.05) is 5.32 Å². The number of para-hydroxylation sites is 1. The van der Waals surface area contributed by atoms with Crippen LogP contribution in [0.15, 0.2) is 24.3 Å². The number of amides is 1. The number of carbonyl (C=O) groups excluding carboxylic acids is 2. The molecule has 1 N–H and O–H groups in total. The molecule has 3 nitrogen and oxygen atoms in total. The summed E-state index contributed by atoms with van der Waals surface area (Å²) in [4.78, 5) is 22.1. The Morgan fingerprint density at radius 1 is 1.24 bits per heavy atom. The molecule has 0 aliphatic carbocycles. The van der Waals surface area contributed by atoms with Crippen molar-refractivity contribution in [3.05, 3.63) is 29.8 Å². The lowest BCUT2D eigenvalue weighted by Gasteiger charge is -2.13. The minimum absolute atomic E-state index is 0.0667. The molecule has 0 radical (unpaired) electrons. The van der Waals surface area contributed by atoms with E-state index in [2.05, 4.69) is 19.2 Å². The van der Waals surface area contributed by atoms with Gasteiger partial charge in [-0.3, -0.25) is 9.59 Å². The molecular formula is C13H16ClNO2. The molecule has 0 saturated carbocycles. The van der Waals surface area contributed by atoms with Crippen LogP contribution in [0.3, 0.4) is 0 Å². The standard InChI is InChI=1S/C13H16ClNO2/c1-9(2)10-5-3-4-6-11(10)15-13(17)8-7-12(14)16/h3-6,9H,7-8H2,1-2H3,(H,15,17). The highest BCUT2D eigenvalue weighted by molar-refractivity contribution is 6.63. The maximum absolute atomic E-state index is 11.6. The average Bonchev–Trinajstić information content (AvgIpc) is 2.27. The van der Waals surface area contributed by atoms with Crippen LogP contribution in [0.4, 0.5) is 5.69 Å². The second kappa shape index (κ2) is 6.40. The highest BCUT2D eigenvalue weighted by Gasteiger charge is 2.09. The molecule has 1 rings (SSSR count). The third kappa shape index (κ3) is 4.57. The Morgan fingerprint density at radius 2 is 1.88 bits per heavy atom. The van der Waals surface area contributed by atoms with Gasteiger partial charge in [0.25, 0.3) is 0 Å². The highest BCUT2D eigenvalue weighted by Crippen LogP contribution is 2.23. The van der Waals surface area contributed by atoms with E-state index in [4.69, 9.17) is 11.6 Å². The zero-order valence-corrected chi connectivity index (χ0v) is 10.8. The minimum atomic E-state index is -0.489. The summed E-state index contributed by atoms with van der Waals surface area (Å²) >= 11 is 5.19. The summed E-state index contributed by atoms with van der Waals surface area (Å²) < 4.78 is 0. The van der Waals surface area contributed by atoms with E-state index in [0.717, 1.165) is 11.3 Å². The van der Waals surface area contributed by atoms with Gasteiger partial charge in [-0.25, -0.2) is 0 Å². The van der Waals surface area contributed by atoms with Crippen molar-refractivity contribution in [2.24, 2.45) is 0 Å². The van der Waals surface area contributed by atoms with E-state index < -0.39 is 5.24 Å². The maximum atomic E-state index is 11.6. The number of hydrogen-bond acceptors (Lipinski definition) is 2. The van der Waals surface area contributed by atoms with Crippen LogP contribution < -0.4 is 5.32 Å².